The molecule has 140 valence electrons. The maximum atomic E-state index is 12.0. The molecular formula is C18H27ClN2O4. The summed E-state index contributed by atoms with van der Waals surface area (Å²) in [7, 11) is 1.35. The summed E-state index contributed by atoms with van der Waals surface area (Å²) in [6, 6.07) is 7.16. The number of nitrogens with one attached hydrogen (secondary N) is 2. The molecule has 6 nitrogen and oxygen atoms in total. The first-order valence-corrected chi connectivity index (χ1v) is 8.47. The molecular weight excluding hydrogens is 344 g/mol. The second-order valence-electron chi connectivity index (χ2n) is 5.98. The monoisotopic (exact) mass is 370 g/mol. The summed E-state index contributed by atoms with van der Waals surface area (Å²) in [6.07, 6.45) is 4.03. The van der Waals surface area contributed by atoms with Gasteiger partial charge in [0.05, 0.1) is 20.1 Å². The van der Waals surface area contributed by atoms with E-state index in [4.69, 9.17) is 4.74 Å². The van der Waals surface area contributed by atoms with Gasteiger partial charge in [-0.3, -0.25) is 9.59 Å². The van der Waals surface area contributed by atoms with Crippen LogP contribution in [0.5, 0.6) is 5.75 Å². The molecule has 0 atom stereocenters. The highest BCUT2D eigenvalue weighted by Crippen LogP contribution is 2.19. The standard InChI is InChI=1S/C18H26N2O4.ClH/c1-23-18(22)10-13-24-16-5-3-15(4-6-16)20-17(21)7-2-14-8-11-19-12-9-14;/h3-6,14,19H,2,7-13H2,1H3,(H,20,21);1H. The van der Waals surface area contributed by atoms with E-state index >= 15 is 0 Å². The Hall–Kier alpha value is -1.79. The number of piperidine rings is 1. The first-order chi connectivity index (χ1) is 11.7. The zero-order valence-electron chi connectivity index (χ0n) is 14.6. The van der Waals surface area contributed by atoms with Gasteiger partial charge in [0.25, 0.3) is 0 Å². The second kappa shape index (κ2) is 11.7. The Bertz CT molecular complexity index is 530. The van der Waals surface area contributed by atoms with Crippen LogP contribution in [-0.2, 0) is 14.3 Å². The maximum absolute atomic E-state index is 12.0. The van der Waals surface area contributed by atoms with Crippen molar-refractivity contribution >= 4 is 30.0 Å². The average Bonchev–Trinajstić information content (AvgIpc) is 2.62. The molecule has 0 aliphatic carbocycles. The predicted molar refractivity (Wildman–Crippen MR) is 99.3 cm³/mol. The quantitative estimate of drug-likeness (QED) is 0.688. The lowest BCUT2D eigenvalue weighted by Gasteiger charge is -2.22. The van der Waals surface area contributed by atoms with Gasteiger partial charge in [-0.25, -0.2) is 0 Å². The van der Waals surface area contributed by atoms with Crippen molar-refractivity contribution in [2.75, 3.05) is 32.1 Å². The van der Waals surface area contributed by atoms with E-state index < -0.39 is 0 Å². The number of carbonyl (C=O) groups excluding carboxylic acids is 2. The highest BCUT2D eigenvalue weighted by Gasteiger charge is 2.14. The fourth-order valence-electron chi connectivity index (χ4n) is 2.72. The molecule has 1 amide bonds. The fraction of sp³-hybridized carbons (Fsp3) is 0.556. The molecule has 0 spiro atoms. The van der Waals surface area contributed by atoms with E-state index in [1.807, 2.05) is 0 Å². The van der Waals surface area contributed by atoms with Gasteiger partial charge >= 0.3 is 5.97 Å². The number of hydrogen-bond donors (Lipinski definition) is 2. The molecule has 0 aromatic heterocycles. The zero-order valence-corrected chi connectivity index (χ0v) is 15.4. The minimum absolute atomic E-state index is 0. The van der Waals surface area contributed by atoms with Gasteiger partial charge in [0.2, 0.25) is 5.91 Å². The third-order valence-electron chi connectivity index (χ3n) is 4.18. The minimum atomic E-state index is -0.298. The normalized spacial score (nSPS) is 14.3. The first-order valence-electron chi connectivity index (χ1n) is 8.47. The van der Waals surface area contributed by atoms with E-state index in [1.165, 1.54) is 7.11 Å². The van der Waals surface area contributed by atoms with Crippen molar-refractivity contribution in [2.24, 2.45) is 5.92 Å². The lowest BCUT2D eigenvalue weighted by atomic mass is 9.93. The Kier molecular flexibility index (Phi) is 9.96. The molecule has 1 aromatic rings. The highest BCUT2D eigenvalue weighted by atomic mass is 35.5. The smallest absolute Gasteiger partial charge is 0.308 e. The molecule has 7 heteroatoms. The van der Waals surface area contributed by atoms with Gasteiger partial charge in [0.1, 0.15) is 5.75 Å². The molecule has 1 saturated heterocycles. The number of benzene rings is 1. The molecule has 1 aliphatic rings. The highest BCUT2D eigenvalue weighted by molar-refractivity contribution is 5.90. The van der Waals surface area contributed by atoms with Crippen LogP contribution in [0.3, 0.4) is 0 Å². The number of methoxy groups -OCH3 is 1. The number of anilines is 1. The summed E-state index contributed by atoms with van der Waals surface area (Å²) in [5.74, 6) is 1.06. The fourth-order valence-corrected chi connectivity index (χ4v) is 2.72. The molecule has 0 radical (unpaired) electrons. The van der Waals surface area contributed by atoms with E-state index in [1.54, 1.807) is 24.3 Å². The molecule has 1 aliphatic heterocycles. The van der Waals surface area contributed by atoms with Crippen molar-refractivity contribution in [1.29, 1.82) is 0 Å². The Morgan fingerprint density at radius 3 is 2.48 bits per heavy atom. The summed E-state index contributed by atoms with van der Waals surface area (Å²) >= 11 is 0. The topological polar surface area (TPSA) is 76.7 Å². The summed E-state index contributed by atoms with van der Waals surface area (Å²) in [5, 5.41) is 6.24. The van der Waals surface area contributed by atoms with Gasteiger partial charge in [0.15, 0.2) is 0 Å². The minimum Gasteiger partial charge on any atom is -0.493 e. The molecule has 1 aromatic carbocycles. The zero-order chi connectivity index (χ0) is 17.2. The number of esters is 1. The van der Waals surface area contributed by atoms with E-state index in [9.17, 15) is 9.59 Å². The van der Waals surface area contributed by atoms with Gasteiger partial charge in [-0.2, -0.15) is 0 Å². The van der Waals surface area contributed by atoms with E-state index in [0.29, 0.717) is 18.1 Å². The summed E-state index contributed by atoms with van der Waals surface area (Å²) in [4.78, 5) is 23.0. The average molecular weight is 371 g/mol. The van der Waals surface area contributed by atoms with Crippen LogP contribution >= 0.6 is 12.4 Å². The SMILES string of the molecule is COC(=O)CCOc1ccc(NC(=O)CCC2CCNCC2)cc1.Cl. The largest absolute Gasteiger partial charge is 0.493 e. The van der Waals surface area contributed by atoms with Crippen molar-refractivity contribution in [2.45, 2.75) is 32.1 Å². The molecule has 1 heterocycles. The predicted octanol–water partition coefficient (Wildman–Crippen LogP) is 2.77. The van der Waals surface area contributed by atoms with Crippen LogP contribution in [0.25, 0.3) is 0 Å². The molecule has 0 saturated carbocycles. The van der Waals surface area contributed by atoms with Crippen molar-refractivity contribution in [3.05, 3.63) is 24.3 Å². The molecule has 0 bridgehead atoms. The second-order valence-corrected chi connectivity index (χ2v) is 5.98. The van der Waals surface area contributed by atoms with E-state index in [2.05, 4.69) is 15.4 Å². The molecule has 1 fully saturated rings. The molecule has 0 unspecified atom stereocenters. The van der Waals surface area contributed by atoms with Crippen molar-refractivity contribution in [1.82, 2.24) is 5.32 Å². The molecule has 2 N–H and O–H groups in total. The Labute approximate surface area is 155 Å². The number of hydrogen-bond acceptors (Lipinski definition) is 5. The number of rotatable bonds is 8. The first kappa shape index (κ1) is 21.3. The van der Waals surface area contributed by atoms with Crippen molar-refractivity contribution < 1.29 is 19.1 Å². The number of amides is 1. The summed E-state index contributed by atoms with van der Waals surface area (Å²) in [6.45, 7) is 2.39. The van der Waals surface area contributed by atoms with Crippen molar-refractivity contribution in [3.63, 3.8) is 0 Å². The number of halogens is 1. The van der Waals surface area contributed by atoms with Gasteiger partial charge in [0, 0.05) is 12.1 Å². The summed E-state index contributed by atoms with van der Waals surface area (Å²) < 4.78 is 9.99. The van der Waals surface area contributed by atoms with Crippen LogP contribution < -0.4 is 15.4 Å². The van der Waals surface area contributed by atoms with E-state index in [-0.39, 0.29) is 37.3 Å². The Balaban J connectivity index is 0.00000312. The third kappa shape index (κ3) is 8.23. The summed E-state index contributed by atoms with van der Waals surface area (Å²) in [5.41, 5.74) is 0.755. The van der Waals surface area contributed by atoms with E-state index in [0.717, 1.165) is 38.0 Å². The van der Waals surface area contributed by atoms with Crippen LogP contribution in [0.15, 0.2) is 24.3 Å². The van der Waals surface area contributed by atoms with Crippen LogP contribution in [0, 0.1) is 5.92 Å². The van der Waals surface area contributed by atoms with Gasteiger partial charge in [-0.15, -0.1) is 12.4 Å². The lowest BCUT2D eigenvalue weighted by molar-refractivity contribution is -0.141. The van der Waals surface area contributed by atoms with Crippen LogP contribution in [0.1, 0.15) is 32.1 Å². The lowest BCUT2D eigenvalue weighted by Crippen LogP contribution is -2.28. The molecule has 2 rings (SSSR count). The molecule has 25 heavy (non-hydrogen) atoms. The van der Waals surface area contributed by atoms with Crippen molar-refractivity contribution in [3.8, 4) is 5.75 Å². The van der Waals surface area contributed by atoms with Gasteiger partial charge in [-0.05, 0) is 62.5 Å². The number of ether oxygens (including phenoxy) is 2. The van der Waals surface area contributed by atoms with Crippen LogP contribution in [0.4, 0.5) is 5.69 Å². The Morgan fingerprint density at radius 2 is 1.84 bits per heavy atom. The van der Waals surface area contributed by atoms with Crippen LogP contribution in [0.2, 0.25) is 0 Å². The maximum Gasteiger partial charge on any atom is 0.308 e. The van der Waals surface area contributed by atoms with Crippen LogP contribution in [-0.4, -0.2) is 38.7 Å². The Morgan fingerprint density at radius 1 is 1.16 bits per heavy atom. The third-order valence-corrected chi connectivity index (χ3v) is 4.18. The van der Waals surface area contributed by atoms with Gasteiger partial charge in [-0.1, -0.05) is 0 Å². The van der Waals surface area contributed by atoms with Gasteiger partial charge < -0.3 is 20.1 Å². The number of carbonyl (C=O) groups is 2.